The molecule has 0 aliphatic carbocycles. The van der Waals surface area contributed by atoms with E-state index < -0.39 is 20.8 Å². The minimum atomic E-state index is -5.17. The first-order chi connectivity index (χ1) is 4.00. The Morgan fingerprint density at radius 3 is 0.692 bits per heavy atom. The maximum atomic E-state index is 8.52. The fraction of sp³-hybridized carbons (Fsp3) is 0. The van der Waals surface area contributed by atoms with Crippen molar-refractivity contribution in [3.63, 3.8) is 0 Å². The zero-order valence-corrected chi connectivity index (χ0v) is 11.2. The number of rotatable bonds is 0. The van der Waals surface area contributed by atoms with Crippen LogP contribution in [0.15, 0.2) is 0 Å². The molecule has 0 saturated heterocycles. The minimum absolute atomic E-state index is 0. The Kier molecular flexibility index (Phi) is 26.9. The molecule has 0 aliphatic rings. The molecule has 70 valence electrons. The van der Waals surface area contributed by atoms with Crippen molar-refractivity contribution >= 4 is 20.8 Å². The van der Waals surface area contributed by atoms with E-state index in [2.05, 4.69) is 0 Å². The molecule has 0 aromatic carbocycles. The molecule has 0 atom stereocenters. The summed E-state index contributed by atoms with van der Waals surface area (Å²) >= 11 is 0. The van der Waals surface area contributed by atoms with Gasteiger partial charge in [0.1, 0.15) is 0 Å². The van der Waals surface area contributed by atoms with Gasteiger partial charge in [-0.15, -0.1) is 0 Å². The number of hydrogen-bond acceptors (Lipinski definition) is 8. The van der Waals surface area contributed by atoms with E-state index >= 15 is 0 Å². The molecule has 8 nitrogen and oxygen atoms in total. The standard InChI is InChI=1S/Fe.Li.Na.2H2O4S/c;;;2*1-5(2,3)4/h;;;2*(H2,1,2,3,4)/q+2;2*+1;;/p-4. The summed E-state index contributed by atoms with van der Waals surface area (Å²) in [5.41, 5.74) is 0. The van der Waals surface area contributed by atoms with Gasteiger partial charge in [-0.2, -0.15) is 0 Å². The largest absolute Gasteiger partial charge is 2.00 e. The van der Waals surface area contributed by atoms with E-state index in [4.69, 9.17) is 35.0 Å². The Labute approximate surface area is 120 Å². The van der Waals surface area contributed by atoms with E-state index in [9.17, 15) is 0 Å². The summed E-state index contributed by atoms with van der Waals surface area (Å²) in [5.74, 6) is 0. The molecule has 0 aliphatic heterocycles. The zero-order chi connectivity index (χ0) is 9.00. The Hall–Kier alpha value is 1.86. The summed E-state index contributed by atoms with van der Waals surface area (Å²) in [6, 6.07) is 0. The van der Waals surface area contributed by atoms with Crippen LogP contribution in [0.2, 0.25) is 0 Å². The van der Waals surface area contributed by atoms with Crippen molar-refractivity contribution in [1.29, 1.82) is 0 Å². The first-order valence-corrected chi connectivity index (χ1v) is 4.00. The Morgan fingerprint density at radius 2 is 0.692 bits per heavy atom. The summed E-state index contributed by atoms with van der Waals surface area (Å²) < 4.78 is 68.2. The second-order valence-electron chi connectivity index (χ2n) is 0.816. The van der Waals surface area contributed by atoms with Crippen molar-refractivity contribution in [2.75, 3.05) is 0 Å². The van der Waals surface area contributed by atoms with Gasteiger partial charge in [0, 0.05) is 20.8 Å². The molecule has 0 bridgehead atoms. The van der Waals surface area contributed by atoms with Crippen molar-refractivity contribution in [3.8, 4) is 0 Å². The average Bonchev–Trinajstić information content (AvgIpc) is 1.12. The summed E-state index contributed by atoms with van der Waals surface area (Å²) in [7, 11) is -10.3. The van der Waals surface area contributed by atoms with Crippen LogP contribution in [0.3, 0.4) is 0 Å². The molecule has 0 fully saturated rings. The van der Waals surface area contributed by atoms with Crippen LogP contribution in [-0.2, 0) is 37.9 Å². The third-order valence-corrected chi connectivity index (χ3v) is 0. The second-order valence-corrected chi connectivity index (χ2v) is 2.45. The summed E-state index contributed by atoms with van der Waals surface area (Å²) in [6.07, 6.45) is 0. The predicted octanol–water partition coefficient (Wildman–Crippen LogP) is -8.67. The van der Waals surface area contributed by atoms with Gasteiger partial charge in [0.05, 0.1) is 0 Å². The van der Waals surface area contributed by atoms with E-state index in [1.165, 1.54) is 0 Å². The molecular weight excluding hydrogens is 278 g/mol. The fourth-order valence-electron chi connectivity index (χ4n) is 0. The average molecular weight is 278 g/mol. The first kappa shape index (κ1) is 29.4. The molecule has 0 N–H and O–H groups in total. The van der Waals surface area contributed by atoms with E-state index in [0.29, 0.717) is 0 Å². The van der Waals surface area contributed by atoms with Crippen molar-refractivity contribution in [3.05, 3.63) is 0 Å². The van der Waals surface area contributed by atoms with E-state index in [0.717, 1.165) is 0 Å². The van der Waals surface area contributed by atoms with Crippen LogP contribution in [0, 0.1) is 0 Å². The molecule has 13 heavy (non-hydrogen) atoms. The zero-order valence-electron chi connectivity index (χ0n) is 6.44. The third kappa shape index (κ3) is 565. The molecule has 0 radical (unpaired) electrons. The van der Waals surface area contributed by atoms with Crippen LogP contribution in [0.1, 0.15) is 0 Å². The van der Waals surface area contributed by atoms with Gasteiger partial charge in [0.2, 0.25) is 0 Å². The molecule has 0 aromatic heterocycles. The molecule has 0 aromatic rings. The molecular formula is FeLiNaO8S2. The van der Waals surface area contributed by atoms with Gasteiger partial charge < -0.3 is 18.2 Å². The molecule has 0 amide bonds. The van der Waals surface area contributed by atoms with Crippen molar-refractivity contribution in [1.82, 2.24) is 0 Å². The molecule has 0 heterocycles. The SMILES string of the molecule is O=S(=O)([O-])[O-].O=S(=O)([O-])[O-].[Fe+2].[Li+].[Na+]. The van der Waals surface area contributed by atoms with Gasteiger partial charge in [0.25, 0.3) is 0 Å². The molecule has 0 rings (SSSR count). The minimum Gasteiger partial charge on any atom is -0.759 e. The Bertz CT molecular complexity index is 219. The third-order valence-electron chi connectivity index (χ3n) is 0. The van der Waals surface area contributed by atoms with Crippen LogP contribution in [0.25, 0.3) is 0 Å². The van der Waals surface area contributed by atoms with Gasteiger partial charge in [-0.1, -0.05) is 0 Å². The monoisotopic (exact) mass is 278 g/mol. The molecule has 0 saturated carbocycles. The van der Waals surface area contributed by atoms with Gasteiger partial charge in [0.15, 0.2) is 0 Å². The summed E-state index contributed by atoms with van der Waals surface area (Å²) in [5, 5.41) is 0. The maximum absolute atomic E-state index is 8.52. The molecule has 0 spiro atoms. The van der Waals surface area contributed by atoms with Gasteiger partial charge in [-0.25, -0.2) is 0 Å². The second kappa shape index (κ2) is 11.9. The molecule has 13 heteroatoms. The van der Waals surface area contributed by atoms with Crippen LogP contribution in [0.4, 0.5) is 0 Å². The topological polar surface area (TPSA) is 161 Å². The normalized spacial score (nSPS) is 8.92. The van der Waals surface area contributed by atoms with Gasteiger partial charge in [-0.05, 0) is 0 Å². The van der Waals surface area contributed by atoms with Crippen LogP contribution < -0.4 is 48.4 Å². The van der Waals surface area contributed by atoms with Crippen molar-refractivity contribution in [2.45, 2.75) is 0 Å². The van der Waals surface area contributed by atoms with Crippen molar-refractivity contribution in [2.24, 2.45) is 0 Å². The Morgan fingerprint density at radius 1 is 0.692 bits per heavy atom. The summed E-state index contributed by atoms with van der Waals surface area (Å²) in [4.78, 5) is 0. The first-order valence-electron chi connectivity index (χ1n) is 1.33. The van der Waals surface area contributed by atoms with E-state index in [1.54, 1.807) is 0 Å². The van der Waals surface area contributed by atoms with Crippen molar-refractivity contribution < 1.29 is 101 Å². The van der Waals surface area contributed by atoms with Crippen LogP contribution in [0.5, 0.6) is 0 Å². The van der Waals surface area contributed by atoms with Crippen LogP contribution in [-0.4, -0.2) is 35.0 Å². The summed E-state index contributed by atoms with van der Waals surface area (Å²) in [6.45, 7) is 0. The molecule has 0 unspecified atom stereocenters. The predicted molar refractivity (Wildman–Crippen MR) is 20.9 cm³/mol. The Balaban J connectivity index is -0.0000000267. The van der Waals surface area contributed by atoms with Gasteiger partial charge in [-0.3, -0.25) is 16.8 Å². The van der Waals surface area contributed by atoms with Crippen LogP contribution >= 0.6 is 0 Å². The fourth-order valence-corrected chi connectivity index (χ4v) is 0. The number of hydrogen-bond donors (Lipinski definition) is 0. The smallest absolute Gasteiger partial charge is 0.759 e. The quantitative estimate of drug-likeness (QED) is 0.239. The maximum Gasteiger partial charge on any atom is 2.00 e. The van der Waals surface area contributed by atoms with E-state index in [1.807, 2.05) is 0 Å². The van der Waals surface area contributed by atoms with Gasteiger partial charge >= 0.3 is 65.5 Å². The van der Waals surface area contributed by atoms with E-state index in [-0.39, 0.29) is 65.5 Å².